The van der Waals surface area contributed by atoms with Gasteiger partial charge in [-0.05, 0) is 54.0 Å². The molecule has 23 heavy (non-hydrogen) atoms. The molecule has 1 heteroatoms. The number of benzene rings is 2. The number of aliphatic imine (C=N–C) groups is 1. The fraction of sp³-hybridized carbons (Fsp3) is 0.409. The van der Waals surface area contributed by atoms with E-state index in [9.17, 15) is 0 Å². The molecule has 0 saturated carbocycles. The molecule has 0 saturated heterocycles. The van der Waals surface area contributed by atoms with Gasteiger partial charge in [-0.1, -0.05) is 70.0 Å². The van der Waals surface area contributed by atoms with Gasteiger partial charge in [0, 0.05) is 6.21 Å². The zero-order chi connectivity index (χ0) is 16.5. The second-order valence-electron chi connectivity index (χ2n) is 6.49. The van der Waals surface area contributed by atoms with Crippen LogP contribution in [0.2, 0.25) is 0 Å². The van der Waals surface area contributed by atoms with Gasteiger partial charge in [0.15, 0.2) is 0 Å². The van der Waals surface area contributed by atoms with Crippen LogP contribution >= 0.6 is 0 Å². The van der Waals surface area contributed by atoms with E-state index in [4.69, 9.17) is 0 Å². The average molecular weight is 307 g/mol. The summed E-state index contributed by atoms with van der Waals surface area (Å²) < 4.78 is 0. The van der Waals surface area contributed by atoms with Crippen LogP contribution < -0.4 is 0 Å². The second kappa shape index (κ2) is 9.29. The normalized spacial score (nSPS) is 12.7. The van der Waals surface area contributed by atoms with Crippen LogP contribution in [0, 0.1) is 5.92 Å². The smallest absolute Gasteiger partial charge is 0.0630 e. The van der Waals surface area contributed by atoms with Gasteiger partial charge in [-0.2, -0.15) is 0 Å². The third-order valence-electron chi connectivity index (χ3n) is 4.38. The van der Waals surface area contributed by atoms with Crippen molar-refractivity contribution >= 4 is 11.9 Å². The van der Waals surface area contributed by atoms with Crippen molar-refractivity contribution in [2.75, 3.05) is 0 Å². The van der Waals surface area contributed by atoms with Gasteiger partial charge >= 0.3 is 0 Å². The van der Waals surface area contributed by atoms with E-state index in [0.29, 0.717) is 0 Å². The van der Waals surface area contributed by atoms with Crippen LogP contribution in [-0.2, 0) is 12.8 Å². The molecule has 2 rings (SSSR count). The molecule has 0 spiro atoms. The molecule has 0 aliphatic heterocycles. The summed E-state index contributed by atoms with van der Waals surface area (Å²) in [5.41, 5.74) is 5.00. The van der Waals surface area contributed by atoms with Crippen LogP contribution in [0.15, 0.2) is 53.5 Å². The maximum absolute atomic E-state index is 4.58. The summed E-state index contributed by atoms with van der Waals surface area (Å²) in [5.74, 6) is 0.751. The van der Waals surface area contributed by atoms with Gasteiger partial charge in [-0.3, -0.25) is 4.99 Å². The molecule has 0 radical (unpaired) electrons. The molecule has 2 aromatic carbocycles. The van der Waals surface area contributed by atoms with Gasteiger partial charge in [0.2, 0.25) is 0 Å². The Balaban J connectivity index is 1.94. The lowest BCUT2D eigenvalue weighted by Crippen LogP contribution is -1.97. The van der Waals surface area contributed by atoms with E-state index >= 15 is 0 Å². The molecule has 1 nitrogen and oxygen atoms in total. The molecule has 0 bridgehead atoms. The van der Waals surface area contributed by atoms with Crippen molar-refractivity contribution in [3.8, 4) is 0 Å². The highest BCUT2D eigenvalue weighted by Gasteiger charge is 2.00. The number of nitrogens with zero attached hydrogens (tertiary/aromatic N) is 1. The Bertz CT molecular complexity index is 593. The molecular weight excluding hydrogens is 278 g/mol. The maximum atomic E-state index is 4.58. The molecule has 0 amide bonds. The number of unbranched alkanes of at least 4 members (excludes halogenated alkanes) is 1. The summed E-state index contributed by atoms with van der Waals surface area (Å²) in [6.07, 6.45) is 8.01. The average Bonchev–Trinajstić information content (AvgIpc) is 2.60. The highest BCUT2D eigenvalue weighted by Crippen LogP contribution is 2.16. The van der Waals surface area contributed by atoms with E-state index in [1.165, 1.54) is 30.4 Å². The van der Waals surface area contributed by atoms with Gasteiger partial charge in [-0.15, -0.1) is 0 Å². The van der Waals surface area contributed by atoms with Gasteiger partial charge in [0.05, 0.1) is 5.69 Å². The van der Waals surface area contributed by atoms with Gasteiger partial charge < -0.3 is 0 Å². The largest absolute Gasteiger partial charge is 0.256 e. The van der Waals surface area contributed by atoms with Crippen LogP contribution in [0.25, 0.3) is 0 Å². The predicted molar refractivity (Wildman–Crippen MR) is 102 cm³/mol. The van der Waals surface area contributed by atoms with Crippen LogP contribution in [0.5, 0.6) is 0 Å². The molecule has 0 fully saturated rings. The molecule has 1 unspecified atom stereocenters. The fourth-order valence-corrected chi connectivity index (χ4v) is 2.57. The highest BCUT2D eigenvalue weighted by atomic mass is 14.7. The Hall–Kier alpha value is -1.89. The predicted octanol–water partition coefficient (Wildman–Crippen LogP) is 6.37. The molecule has 122 valence electrons. The summed E-state index contributed by atoms with van der Waals surface area (Å²) in [5, 5.41) is 0. The minimum atomic E-state index is 0.751. The van der Waals surface area contributed by atoms with Gasteiger partial charge in [0.1, 0.15) is 0 Å². The number of rotatable bonds is 8. The lowest BCUT2D eigenvalue weighted by atomic mass is 9.98. The van der Waals surface area contributed by atoms with Crippen LogP contribution in [0.3, 0.4) is 0 Å². The second-order valence-corrected chi connectivity index (χ2v) is 6.49. The topological polar surface area (TPSA) is 12.4 Å². The zero-order valence-electron chi connectivity index (χ0n) is 14.8. The molecule has 0 aliphatic carbocycles. The Morgan fingerprint density at radius 3 is 2.17 bits per heavy atom. The van der Waals surface area contributed by atoms with E-state index in [-0.39, 0.29) is 0 Å². The molecule has 2 aromatic rings. The van der Waals surface area contributed by atoms with Crippen LogP contribution in [-0.4, -0.2) is 6.21 Å². The first kappa shape index (κ1) is 17.5. The van der Waals surface area contributed by atoms with Crippen molar-refractivity contribution in [1.29, 1.82) is 0 Å². The Kier molecular flexibility index (Phi) is 7.06. The molecule has 0 N–H and O–H groups in total. The Labute approximate surface area is 141 Å². The minimum Gasteiger partial charge on any atom is -0.256 e. The zero-order valence-corrected chi connectivity index (χ0v) is 14.8. The first-order valence-electron chi connectivity index (χ1n) is 8.93. The SMILES string of the molecule is CCCCc1ccc(N=Cc2ccc(CC(C)CC)cc2)cc1. The van der Waals surface area contributed by atoms with E-state index in [0.717, 1.165) is 30.0 Å². The first-order valence-corrected chi connectivity index (χ1v) is 8.93. The van der Waals surface area contributed by atoms with Crippen molar-refractivity contribution < 1.29 is 0 Å². The summed E-state index contributed by atoms with van der Waals surface area (Å²) in [6.45, 7) is 6.78. The fourth-order valence-electron chi connectivity index (χ4n) is 2.57. The molecule has 0 aromatic heterocycles. The number of hydrogen-bond donors (Lipinski definition) is 0. The summed E-state index contributed by atoms with van der Waals surface area (Å²) in [4.78, 5) is 4.58. The maximum Gasteiger partial charge on any atom is 0.0630 e. The van der Waals surface area contributed by atoms with Gasteiger partial charge in [-0.25, -0.2) is 0 Å². The van der Waals surface area contributed by atoms with Crippen molar-refractivity contribution in [3.63, 3.8) is 0 Å². The summed E-state index contributed by atoms with van der Waals surface area (Å²) >= 11 is 0. The van der Waals surface area contributed by atoms with Crippen LogP contribution in [0.1, 0.15) is 56.7 Å². The molecular formula is C22H29N. The highest BCUT2D eigenvalue weighted by molar-refractivity contribution is 5.81. The van der Waals surface area contributed by atoms with E-state index < -0.39 is 0 Å². The van der Waals surface area contributed by atoms with Crippen LogP contribution in [0.4, 0.5) is 5.69 Å². The standard InChI is InChI=1S/C22H29N/c1-4-6-7-19-12-14-22(15-13-19)23-17-21-10-8-20(9-11-21)16-18(3)5-2/h8-15,17-18H,4-7,16H2,1-3H3. The van der Waals surface area contributed by atoms with Crippen molar-refractivity contribution in [3.05, 3.63) is 65.2 Å². The number of hydrogen-bond acceptors (Lipinski definition) is 1. The van der Waals surface area contributed by atoms with Gasteiger partial charge in [0.25, 0.3) is 0 Å². The van der Waals surface area contributed by atoms with Crippen molar-refractivity contribution in [2.24, 2.45) is 10.9 Å². The van der Waals surface area contributed by atoms with Crippen molar-refractivity contribution in [1.82, 2.24) is 0 Å². The summed E-state index contributed by atoms with van der Waals surface area (Å²) in [6, 6.07) is 17.4. The molecule has 1 atom stereocenters. The number of aryl methyl sites for hydroxylation is 1. The molecule has 0 heterocycles. The third-order valence-corrected chi connectivity index (χ3v) is 4.38. The first-order chi connectivity index (χ1) is 11.2. The summed E-state index contributed by atoms with van der Waals surface area (Å²) in [7, 11) is 0. The van der Waals surface area contributed by atoms with E-state index in [1.54, 1.807) is 0 Å². The van der Waals surface area contributed by atoms with E-state index in [1.807, 2.05) is 6.21 Å². The monoisotopic (exact) mass is 307 g/mol. The lowest BCUT2D eigenvalue weighted by Gasteiger charge is -2.08. The molecule has 0 aliphatic rings. The Morgan fingerprint density at radius 2 is 1.57 bits per heavy atom. The lowest BCUT2D eigenvalue weighted by molar-refractivity contribution is 0.560. The van der Waals surface area contributed by atoms with E-state index in [2.05, 4.69) is 74.3 Å². The minimum absolute atomic E-state index is 0.751. The third kappa shape index (κ3) is 6.02. The quantitative estimate of drug-likeness (QED) is 0.502. The Morgan fingerprint density at radius 1 is 0.913 bits per heavy atom. The van der Waals surface area contributed by atoms with Crippen molar-refractivity contribution in [2.45, 2.75) is 52.9 Å².